The van der Waals surface area contributed by atoms with Gasteiger partial charge in [0, 0.05) is 7.05 Å². The number of amides is 2. The van der Waals surface area contributed by atoms with Gasteiger partial charge in [-0.15, -0.1) is 0 Å². The lowest BCUT2D eigenvalue weighted by atomic mass is 10.1. The van der Waals surface area contributed by atoms with E-state index >= 15 is 0 Å². The third-order valence-corrected chi connectivity index (χ3v) is 2.19. The Morgan fingerprint density at radius 3 is 2.75 bits per heavy atom. The highest BCUT2D eigenvalue weighted by atomic mass is 16.2. The van der Waals surface area contributed by atoms with E-state index in [9.17, 15) is 4.79 Å². The van der Waals surface area contributed by atoms with Crippen molar-refractivity contribution in [1.82, 2.24) is 10.2 Å². The predicted molar refractivity (Wildman–Crippen MR) is 47.3 cm³/mol. The highest BCUT2D eigenvalue weighted by Gasteiger charge is 2.31. The fourth-order valence-corrected chi connectivity index (χ4v) is 1.36. The zero-order valence-corrected chi connectivity index (χ0v) is 7.55. The molecular formula is C8H15N3O. The molecule has 0 spiro atoms. The first-order valence-electron chi connectivity index (χ1n) is 4.29. The Kier molecular flexibility index (Phi) is 2.68. The van der Waals surface area contributed by atoms with E-state index in [-0.39, 0.29) is 12.1 Å². The Bertz CT molecular complexity index is 202. The molecule has 1 rings (SSSR count). The van der Waals surface area contributed by atoms with Crippen molar-refractivity contribution in [3.63, 3.8) is 0 Å². The molecule has 2 N–H and O–H groups in total. The number of hydrogen-bond donors (Lipinski definition) is 2. The number of urea groups is 1. The van der Waals surface area contributed by atoms with Gasteiger partial charge in [-0.25, -0.2) is 4.79 Å². The summed E-state index contributed by atoms with van der Waals surface area (Å²) in [7, 11) is 1.73. The molecule has 0 saturated carbocycles. The molecule has 0 radical (unpaired) electrons. The van der Waals surface area contributed by atoms with Crippen LogP contribution >= 0.6 is 0 Å². The third-order valence-electron chi connectivity index (χ3n) is 2.19. The lowest BCUT2D eigenvalue weighted by molar-refractivity contribution is 0.215. The highest BCUT2D eigenvalue weighted by molar-refractivity contribution is 6.05. The van der Waals surface area contributed by atoms with E-state index in [0.717, 1.165) is 19.3 Å². The van der Waals surface area contributed by atoms with Crippen LogP contribution in [0.15, 0.2) is 0 Å². The molecule has 4 nitrogen and oxygen atoms in total. The number of unbranched alkanes of at least 4 members (excludes halogenated alkanes) is 1. The standard InChI is InChI=1S/C8H15N3O/c1-3-4-5-6-7(9)10-8(12)11(6)2/h6H,3-5H2,1-2H3,(H2,9,10,12). The minimum atomic E-state index is -0.152. The monoisotopic (exact) mass is 169 g/mol. The van der Waals surface area contributed by atoms with Crippen molar-refractivity contribution in [2.24, 2.45) is 0 Å². The molecule has 0 aliphatic carbocycles. The largest absolute Gasteiger partial charge is 0.323 e. The summed E-state index contributed by atoms with van der Waals surface area (Å²) >= 11 is 0. The smallest absolute Gasteiger partial charge is 0.317 e. The van der Waals surface area contributed by atoms with Crippen LogP contribution in [0.5, 0.6) is 0 Å². The van der Waals surface area contributed by atoms with Gasteiger partial charge < -0.3 is 4.90 Å². The fraction of sp³-hybridized carbons (Fsp3) is 0.750. The predicted octanol–water partition coefficient (Wildman–Crippen LogP) is 1.18. The van der Waals surface area contributed by atoms with Gasteiger partial charge in [-0.2, -0.15) is 0 Å². The van der Waals surface area contributed by atoms with E-state index in [0.29, 0.717) is 5.84 Å². The van der Waals surface area contributed by atoms with Gasteiger partial charge in [-0.05, 0) is 6.42 Å². The van der Waals surface area contributed by atoms with Crippen molar-refractivity contribution in [3.8, 4) is 0 Å². The van der Waals surface area contributed by atoms with Crippen LogP contribution < -0.4 is 5.32 Å². The normalized spacial score (nSPS) is 23.2. The summed E-state index contributed by atoms with van der Waals surface area (Å²) in [5, 5.41) is 9.97. The maximum atomic E-state index is 11.0. The Labute approximate surface area is 72.4 Å². The average molecular weight is 169 g/mol. The summed E-state index contributed by atoms with van der Waals surface area (Å²) in [6, 6.07) is -0.168. The number of nitrogens with zero attached hydrogens (tertiary/aromatic N) is 1. The van der Waals surface area contributed by atoms with Gasteiger partial charge >= 0.3 is 6.03 Å². The fourth-order valence-electron chi connectivity index (χ4n) is 1.36. The van der Waals surface area contributed by atoms with Crippen molar-refractivity contribution < 1.29 is 4.79 Å². The average Bonchev–Trinajstić information content (AvgIpc) is 2.25. The molecule has 1 fully saturated rings. The zero-order valence-electron chi connectivity index (χ0n) is 7.55. The summed E-state index contributed by atoms with van der Waals surface area (Å²) < 4.78 is 0. The first-order valence-corrected chi connectivity index (χ1v) is 4.29. The van der Waals surface area contributed by atoms with Crippen LogP contribution in [0.3, 0.4) is 0 Å². The van der Waals surface area contributed by atoms with Crippen LogP contribution in [0.2, 0.25) is 0 Å². The molecule has 4 heteroatoms. The van der Waals surface area contributed by atoms with Gasteiger partial charge in [0.1, 0.15) is 5.84 Å². The van der Waals surface area contributed by atoms with Crippen LogP contribution in [-0.4, -0.2) is 29.9 Å². The number of rotatable bonds is 3. The number of carbonyl (C=O) groups is 1. The second kappa shape index (κ2) is 3.56. The van der Waals surface area contributed by atoms with Gasteiger partial charge in [-0.1, -0.05) is 19.8 Å². The van der Waals surface area contributed by atoms with Crippen molar-refractivity contribution in [3.05, 3.63) is 0 Å². The highest BCUT2D eigenvalue weighted by Crippen LogP contribution is 2.12. The maximum Gasteiger partial charge on any atom is 0.323 e. The van der Waals surface area contributed by atoms with Gasteiger partial charge in [0.15, 0.2) is 0 Å². The van der Waals surface area contributed by atoms with E-state index < -0.39 is 0 Å². The second-order valence-electron chi connectivity index (χ2n) is 3.11. The third kappa shape index (κ3) is 1.57. The second-order valence-corrected chi connectivity index (χ2v) is 3.11. The molecule has 68 valence electrons. The Morgan fingerprint density at radius 2 is 2.33 bits per heavy atom. The van der Waals surface area contributed by atoms with Crippen molar-refractivity contribution >= 4 is 11.9 Å². The van der Waals surface area contributed by atoms with E-state index in [4.69, 9.17) is 5.41 Å². The van der Waals surface area contributed by atoms with Crippen LogP contribution in [0.4, 0.5) is 4.79 Å². The van der Waals surface area contributed by atoms with Crippen LogP contribution in [-0.2, 0) is 0 Å². The molecule has 0 aromatic heterocycles. The zero-order chi connectivity index (χ0) is 9.14. The molecular weight excluding hydrogens is 154 g/mol. The number of carbonyl (C=O) groups excluding carboxylic acids is 1. The molecule has 1 heterocycles. The van der Waals surface area contributed by atoms with Gasteiger partial charge in [-0.3, -0.25) is 10.7 Å². The molecule has 1 atom stereocenters. The molecule has 0 aromatic rings. The quantitative estimate of drug-likeness (QED) is 0.654. The molecule has 12 heavy (non-hydrogen) atoms. The number of hydrogen-bond acceptors (Lipinski definition) is 2. The minimum absolute atomic E-state index is 0.0163. The molecule has 1 unspecified atom stereocenters. The summed E-state index contributed by atoms with van der Waals surface area (Å²) in [5.74, 6) is 0.343. The first kappa shape index (κ1) is 9.03. The van der Waals surface area contributed by atoms with Gasteiger partial charge in [0.2, 0.25) is 0 Å². The molecule has 0 aromatic carbocycles. The number of amidine groups is 1. The lowest BCUT2D eigenvalue weighted by Gasteiger charge is -2.16. The molecule has 1 aliphatic rings. The minimum Gasteiger partial charge on any atom is -0.317 e. The Hall–Kier alpha value is -1.06. The van der Waals surface area contributed by atoms with Crippen LogP contribution in [0, 0.1) is 5.41 Å². The SMILES string of the molecule is CCCCC1C(=N)NC(=O)N1C. The molecule has 1 saturated heterocycles. The molecule has 2 amide bonds. The van der Waals surface area contributed by atoms with E-state index in [2.05, 4.69) is 12.2 Å². The van der Waals surface area contributed by atoms with E-state index in [1.54, 1.807) is 11.9 Å². The van der Waals surface area contributed by atoms with E-state index in [1.807, 2.05) is 0 Å². The van der Waals surface area contributed by atoms with E-state index in [1.165, 1.54) is 0 Å². The summed E-state index contributed by atoms with van der Waals surface area (Å²) in [4.78, 5) is 12.6. The topological polar surface area (TPSA) is 56.2 Å². The number of nitrogens with one attached hydrogen (secondary N) is 2. The van der Waals surface area contributed by atoms with Crippen LogP contribution in [0.1, 0.15) is 26.2 Å². The van der Waals surface area contributed by atoms with Crippen molar-refractivity contribution in [1.29, 1.82) is 5.41 Å². The van der Waals surface area contributed by atoms with Crippen molar-refractivity contribution in [2.45, 2.75) is 32.2 Å². The van der Waals surface area contributed by atoms with Crippen molar-refractivity contribution in [2.75, 3.05) is 7.05 Å². The lowest BCUT2D eigenvalue weighted by Crippen LogP contribution is -2.30. The Morgan fingerprint density at radius 1 is 1.67 bits per heavy atom. The van der Waals surface area contributed by atoms with Gasteiger partial charge in [0.25, 0.3) is 0 Å². The van der Waals surface area contributed by atoms with Crippen LogP contribution in [0.25, 0.3) is 0 Å². The maximum absolute atomic E-state index is 11.0. The molecule has 0 bridgehead atoms. The molecule has 1 aliphatic heterocycles. The first-order chi connectivity index (χ1) is 5.66. The van der Waals surface area contributed by atoms with Gasteiger partial charge in [0.05, 0.1) is 6.04 Å². The summed E-state index contributed by atoms with van der Waals surface area (Å²) in [6.07, 6.45) is 3.06. The number of likely N-dealkylation sites (N-methyl/N-ethyl adjacent to an activating group) is 1. The summed E-state index contributed by atoms with van der Waals surface area (Å²) in [6.45, 7) is 2.10. The summed E-state index contributed by atoms with van der Waals surface area (Å²) in [5.41, 5.74) is 0. The Balaban J connectivity index is 2.51.